The van der Waals surface area contributed by atoms with Gasteiger partial charge in [0.05, 0.1) is 0 Å². The molecule has 74 valence electrons. The zero-order valence-electron chi connectivity index (χ0n) is 8.23. The lowest BCUT2D eigenvalue weighted by atomic mass is 9.96. The second-order valence-electron chi connectivity index (χ2n) is 4.21. The van der Waals surface area contributed by atoms with Gasteiger partial charge in [0, 0.05) is 6.42 Å². The fourth-order valence-electron chi connectivity index (χ4n) is 2.07. The van der Waals surface area contributed by atoms with Crippen LogP contribution in [-0.4, -0.2) is 16.5 Å². The van der Waals surface area contributed by atoms with Crippen LogP contribution in [0, 0.1) is 0 Å². The van der Waals surface area contributed by atoms with E-state index in [1.165, 1.54) is 0 Å². The van der Waals surface area contributed by atoms with Crippen LogP contribution in [0.25, 0.3) is 0 Å². The number of hydrogen-bond acceptors (Lipinski definition) is 2. The molecule has 14 heavy (non-hydrogen) atoms. The SMILES string of the molecule is C[C@]1(O)C[C@@H](c2ccccc2)CC1=O. The highest BCUT2D eigenvalue weighted by Crippen LogP contribution is 2.37. The van der Waals surface area contributed by atoms with Gasteiger partial charge in [-0.25, -0.2) is 0 Å². The van der Waals surface area contributed by atoms with Crippen LogP contribution < -0.4 is 0 Å². The van der Waals surface area contributed by atoms with Crippen molar-refractivity contribution in [3.05, 3.63) is 35.9 Å². The van der Waals surface area contributed by atoms with Crippen molar-refractivity contribution in [1.29, 1.82) is 0 Å². The largest absolute Gasteiger partial charge is 0.382 e. The molecule has 2 rings (SSSR count). The highest BCUT2D eigenvalue weighted by atomic mass is 16.3. The molecule has 0 saturated heterocycles. The van der Waals surface area contributed by atoms with Gasteiger partial charge in [-0.3, -0.25) is 4.79 Å². The maximum absolute atomic E-state index is 11.4. The predicted molar refractivity (Wildman–Crippen MR) is 54.0 cm³/mol. The Morgan fingerprint density at radius 2 is 2.00 bits per heavy atom. The van der Waals surface area contributed by atoms with Crippen molar-refractivity contribution >= 4 is 5.78 Å². The maximum atomic E-state index is 11.4. The van der Waals surface area contributed by atoms with E-state index in [1.807, 2.05) is 30.3 Å². The second kappa shape index (κ2) is 3.21. The van der Waals surface area contributed by atoms with Gasteiger partial charge >= 0.3 is 0 Å². The van der Waals surface area contributed by atoms with Gasteiger partial charge in [0.15, 0.2) is 5.78 Å². The van der Waals surface area contributed by atoms with Gasteiger partial charge in [0.1, 0.15) is 5.60 Å². The first-order valence-electron chi connectivity index (χ1n) is 4.90. The fourth-order valence-corrected chi connectivity index (χ4v) is 2.07. The van der Waals surface area contributed by atoms with Gasteiger partial charge in [-0.05, 0) is 24.8 Å². The first-order chi connectivity index (χ1) is 6.59. The molecule has 0 bridgehead atoms. The Bertz CT molecular complexity index is 341. The van der Waals surface area contributed by atoms with Crippen molar-refractivity contribution in [2.45, 2.75) is 31.3 Å². The minimum atomic E-state index is -1.11. The first-order valence-corrected chi connectivity index (χ1v) is 4.90. The number of hydrogen-bond donors (Lipinski definition) is 1. The topological polar surface area (TPSA) is 37.3 Å². The lowest BCUT2D eigenvalue weighted by molar-refractivity contribution is -0.131. The Balaban J connectivity index is 2.21. The molecule has 1 saturated carbocycles. The molecule has 2 nitrogen and oxygen atoms in total. The van der Waals surface area contributed by atoms with Crippen LogP contribution in [0.4, 0.5) is 0 Å². The summed E-state index contributed by atoms with van der Waals surface area (Å²) in [6.07, 6.45) is 1.02. The summed E-state index contributed by atoms with van der Waals surface area (Å²) in [5.74, 6) is 0.157. The molecule has 2 atom stereocenters. The standard InChI is InChI=1S/C12H14O2/c1-12(14)8-10(7-11(12)13)9-5-3-2-4-6-9/h2-6,10,14H,7-8H2,1H3/t10-,12-/m0/s1. The Hall–Kier alpha value is -1.15. The molecule has 1 aliphatic carbocycles. The molecule has 0 aromatic heterocycles. The first kappa shape index (κ1) is 9.41. The van der Waals surface area contributed by atoms with E-state index < -0.39 is 5.60 Å². The maximum Gasteiger partial charge on any atom is 0.164 e. The molecule has 0 amide bonds. The average molecular weight is 190 g/mol. The van der Waals surface area contributed by atoms with Crippen LogP contribution in [0.2, 0.25) is 0 Å². The molecule has 1 fully saturated rings. The van der Waals surface area contributed by atoms with Crippen molar-refractivity contribution in [2.75, 3.05) is 0 Å². The number of ketones is 1. The number of benzene rings is 1. The zero-order valence-corrected chi connectivity index (χ0v) is 8.23. The van der Waals surface area contributed by atoms with Crippen molar-refractivity contribution in [3.8, 4) is 0 Å². The average Bonchev–Trinajstić information content (AvgIpc) is 2.43. The third-order valence-corrected chi connectivity index (χ3v) is 2.95. The van der Waals surface area contributed by atoms with E-state index in [-0.39, 0.29) is 11.7 Å². The molecule has 1 N–H and O–H groups in total. The summed E-state index contributed by atoms with van der Waals surface area (Å²) in [4.78, 5) is 11.4. The van der Waals surface area contributed by atoms with Gasteiger partial charge < -0.3 is 5.11 Å². The summed E-state index contributed by atoms with van der Waals surface area (Å²) in [5.41, 5.74) is 0.0409. The van der Waals surface area contributed by atoms with Crippen LogP contribution in [0.15, 0.2) is 30.3 Å². The van der Waals surface area contributed by atoms with Crippen LogP contribution >= 0.6 is 0 Å². The fraction of sp³-hybridized carbons (Fsp3) is 0.417. The number of rotatable bonds is 1. The minimum Gasteiger partial charge on any atom is -0.382 e. The lowest BCUT2D eigenvalue weighted by Gasteiger charge is -2.14. The third kappa shape index (κ3) is 1.58. The quantitative estimate of drug-likeness (QED) is 0.734. The van der Waals surface area contributed by atoms with E-state index in [1.54, 1.807) is 6.92 Å². The Kier molecular flexibility index (Phi) is 2.16. The smallest absolute Gasteiger partial charge is 0.164 e. The highest BCUT2D eigenvalue weighted by molar-refractivity contribution is 5.89. The van der Waals surface area contributed by atoms with E-state index in [4.69, 9.17) is 0 Å². The molecule has 0 aliphatic heterocycles. The van der Waals surface area contributed by atoms with Crippen molar-refractivity contribution in [2.24, 2.45) is 0 Å². The van der Waals surface area contributed by atoms with Gasteiger partial charge in [0.25, 0.3) is 0 Å². The van der Waals surface area contributed by atoms with E-state index in [9.17, 15) is 9.90 Å². The van der Waals surface area contributed by atoms with Gasteiger partial charge in [-0.1, -0.05) is 30.3 Å². The lowest BCUT2D eigenvalue weighted by Crippen LogP contribution is -2.28. The van der Waals surface area contributed by atoms with Gasteiger partial charge in [-0.15, -0.1) is 0 Å². The van der Waals surface area contributed by atoms with Gasteiger partial charge in [0.2, 0.25) is 0 Å². The zero-order chi connectivity index (χ0) is 10.2. The molecule has 1 aliphatic rings. The number of carbonyl (C=O) groups excluding carboxylic acids is 1. The third-order valence-electron chi connectivity index (χ3n) is 2.95. The molecule has 2 heteroatoms. The van der Waals surface area contributed by atoms with Crippen LogP contribution in [0.3, 0.4) is 0 Å². The van der Waals surface area contributed by atoms with E-state index in [2.05, 4.69) is 0 Å². The van der Waals surface area contributed by atoms with Crippen LogP contribution in [0.5, 0.6) is 0 Å². The Morgan fingerprint density at radius 3 is 2.50 bits per heavy atom. The summed E-state index contributed by atoms with van der Waals surface area (Å²) < 4.78 is 0. The van der Waals surface area contributed by atoms with E-state index in [0.717, 1.165) is 5.56 Å². The molecule has 1 aromatic rings. The normalized spacial score (nSPS) is 32.1. The highest BCUT2D eigenvalue weighted by Gasteiger charge is 2.41. The summed E-state index contributed by atoms with van der Waals surface area (Å²) in [7, 11) is 0. The summed E-state index contributed by atoms with van der Waals surface area (Å²) in [6, 6.07) is 9.91. The molecule has 0 unspecified atom stereocenters. The molecule has 0 radical (unpaired) electrons. The van der Waals surface area contributed by atoms with Crippen LogP contribution in [-0.2, 0) is 4.79 Å². The number of aliphatic hydroxyl groups is 1. The van der Waals surface area contributed by atoms with E-state index >= 15 is 0 Å². The molecular formula is C12H14O2. The molecular weight excluding hydrogens is 176 g/mol. The Morgan fingerprint density at radius 1 is 1.36 bits per heavy atom. The Labute approximate surface area is 83.6 Å². The molecule has 0 heterocycles. The number of carbonyl (C=O) groups is 1. The second-order valence-corrected chi connectivity index (χ2v) is 4.21. The number of Topliss-reactive ketones (excluding diaryl/α,β-unsaturated/α-hetero) is 1. The molecule has 1 aromatic carbocycles. The van der Waals surface area contributed by atoms with Crippen molar-refractivity contribution in [3.63, 3.8) is 0 Å². The van der Waals surface area contributed by atoms with Crippen LogP contribution in [0.1, 0.15) is 31.2 Å². The summed E-state index contributed by atoms with van der Waals surface area (Å²) >= 11 is 0. The predicted octanol–water partition coefficient (Wildman–Crippen LogP) is 1.88. The summed E-state index contributed by atoms with van der Waals surface area (Å²) in [6.45, 7) is 1.61. The monoisotopic (exact) mass is 190 g/mol. The van der Waals surface area contributed by atoms with E-state index in [0.29, 0.717) is 12.8 Å². The van der Waals surface area contributed by atoms with Crippen molar-refractivity contribution in [1.82, 2.24) is 0 Å². The van der Waals surface area contributed by atoms with Crippen molar-refractivity contribution < 1.29 is 9.90 Å². The minimum absolute atomic E-state index is 0.0358. The molecule has 0 spiro atoms. The summed E-state index contributed by atoms with van der Waals surface area (Å²) in [5, 5.41) is 9.75. The van der Waals surface area contributed by atoms with Gasteiger partial charge in [-0.2, -0.15) is 0 Å².